The largest absolute Gasteiger partial charge is 0.459 e. The fourth-order valence-electron chi connectivity index (χ4n) is 1.46. The van der Waals surface area contributed by atoms with Gasteiger partial charge in [-0.2, -0.15) is 5.10 Å². The SMILES string of the molecule is Cc1cc(NC(=O)C(C)NC(=O)c2ccco2)n[nH]1. The van der Waals surface area contributed by atoms with Crippen LogP contribution in [0.5, 0.6) is 0 Å². The van der Waals surface area contributed by atoms with E-state index in [1.54, 1.807) is 19.1 Å². The van der Waals surface area contributed by atoms with E-state index in [0.717, 1.165) is 5.69 Å². The van der Waals surface area contributed by atoms with Crippen LogP contribution >= 0.6 is 0 Å². The number of hydrogen-bond donors (Lipinski definition) is 3. The normalized spacial score (nSPS) is 11.9. The Bertz CT molecular complexity index is 574. The van der Waals surface area contributed by atoms with E-state index < -0.39 is 11.9 Å². The van der Waals surface area contributed by atoms with Crippen molar-refractivity contribution in [3.8, 4) is 0 Å². The van der Waals surface area contributed by atoms with Crippen LogP contribution in [-0.4, -0.2) is 28.1 Å². The van der Waals surface area contributed by atoms with Crippen LogP contribution in [0.15, 0.2) is 28.9 Å². The standard InChI is InChI=1S/C12H14N4O3/c1-7-6-10(16-15-7)14-11(17)8(2)13-12(18)9-4-3-5-19-9/h3-6,8H,1-2H3,(H,13,18)(H2,14,15,16,17). The van der Waals surface area contributed by atoms with Crippen LogP contribution in [0.25, 0.3) is 0 Å². The Hall–Kier alpha value is -2.57. The highest BCUT2D eigenvalue weighted by Gasteiger charge is 2.18. The molecule has 0 aliphatic rings. The number of carbonyl (C=O) groups excluding carboxylic acids is 2. The van der Waals surface area contributed by atoms with Crippen molar-refractivity contribution in [3.63, 3.8) is 0 Å². The number of carbonyl (C=O) groups is 2. The molecule has 0 fully saturated rings. The number of amides is 2. The lowest BCUT2D eigenvalue weighted by atomic mass is 10.3. The highest BCUT2D eigenvalue weighted by Crippen LogP contribution is 2.05. The molecule has 2 aromatic rings. The molecule has 0 aromatic carbocycles. The summed E-state index contributed by atoms with van der Waals surface area (Å²) in [5, 5.41) is 11.7. The molecule has 7 heteroatoms. The number of aryl methyl sites for hydroxylation is 1. The predicted molar refractivity (Wildman–Crippen MR) is 67.6 cm³/mol. The maximum Gasteiger partial charge on any atom is 0.287 e. The molecule has 0 radical (unpaired) electrons. The van der Waals surface area contributed by atoms with Gasteiger partial charge in [0.15, 0.2) is 11.6 Å². The van der Waals surface area contributed by atoms with Gasteiger partial charge in [-0.05, 0) is 26.0 Å². The van der Waals surface area contributed by atoms with Gasteiger partial charge in [0.25, 0.3) is 5.91 Å². The van der Waals surface area contributed by atoms with E-state index in [-0.39, 0.29) is 11.7 Å². The van der Waals surface area contributed by atoms with Crippen molar-refractivity contribution in [2.24, 2.45) is 0 Å². The van der Waals surface area contributed by atoms with Crippen molar-refractivity contribution in [2.75, 3.05) is 5.32 Å². The number of anilines is 1. The van der Waals surface area contributed by atoms with Gasteiger partial charge in [-0.1, -0.05) is 0 Å². The zero-order valence-electron chi connectivity index (χ0n) is 10.6. The summed E-state index contributed by atoms with van der Waals surface area (Å²) in [6.45, 7) is 3.40. The average Bonchev–Trinajstić information content (AvgIpc) is 3.00. The third kappa shape index (κ3) is 3.21. The summed E-state index contributed by atoms with van der Waals surface area (Å²) in [6, 6.07) is 4.12. The van der Waals surface area contributed by atoms with Gasteiger partial charge in [0.1, 0.15) is 6.04 Å². The second kappa shape index (κ2) is 5.38. The quantitative estimate of drug-likeness (QED) is 0.767. The molecule has 0 saturated carbocycles. The molecule has 0 saturated heterocycles. The van der Waals surface area contributed by atoms with Gasteiger partial charge in [-0.3, -0.25) is 14.7 Å². The van der Waals surface area contributed by atoms with Crippen LogP contribution in [0.2, 0.25) is 0 Å². The second-order valence-electron chi connectivity index (χ2n) is 4.10. The van der Waals surface area contributed by atoms with E-state index in [4.69, 9.17) is 4.42 Å². The Balaban J connectivity index is 1.91. The van der Waals surface area contributed by atoms with Gasteiger partial charge in [0.05, 0.1) is 6.26 Å². The maximum atomic E-state index is 11.8. The van der Waals surface area contributed by atoms with Crippen LogP contribution < -0.4 is 10.6 Å². The number of furan rings is 1. The van der Waals surface area contributed by atoms with Crippen molar-refractivity contribution in [1.82, 2.24) is 15.5 Å². The van der Waals surface area contributed by atoms with Gasteiger partial charge in [0.2, 0.25) is 5.91 Å². The monoisotopic (exact) mass is 262 g/mol. The van der Waals surface area contributed by atoms with Crippen molar-refractivity contribution in [3.05, 3.63) is 35.9 Å². The molecule has 1 unspecified atom stereocenters. The summed E-state index contributed by atoms with van der Waals surface area (Å²) in [5.41, 5.74) is 0.836. The first-order valence-electron chi connectivity index (χ1n) is 5.73. The highest BCUT2D eigenvalue weighted by atomic mass is 16.3. The van der Waals surface area contributed by atoms with Crippen LogP contribution in [0.1, 0.15) is 23.2 Å². The molecule has 2 rings (SSSR count). The first-order valence-corrected chi connectivity index (χ1v) is 5.73. The molecule has 2 amide bonds. The van der Waals surface area contributed by atoms with E-state index >= 15 is 0 Å². The molecule has 7 nitrogen and oxygen atoms in total. The fourth-order valence-corrected chi connectivity index (χ4v) is 1.46. The summed E-state index contributed by atoms with van der Waals surface area (Å²) in [6.07, 6.45) is 1.39. The van der Waals surface area contributed by atoms with E-state index in [1.807, 2.05) is 6.92 Å². The molecule has 1 atom stereocenters. The number of nitrogens with one attached hydrogen (secondary N) is 3. The summed E-state index contributed by atoms with van der Waals surface area (Å²) < 4.78 is 4.94. The van der Waals surface area contributed by atoms with Crippen LogP contribution in [-0.2, 0) is 4.79 Å². The minimum atomic E-state index is -0.699. The first-order chi connectivity index (χ1) is 9.06. The zero-order valence-corrected chi connectivity index (χ0v) is 10.6. The molecule has 2 aromatic heterocycles. The number of nitrogens with zero attached hydrogens (tertiary/aromatic N) is 1. The van der Waals surface area contributed by atoms with Crippen LogP contribution in [0.3, 0.4) is 0 Å². The highest BCUT2D eigenvalue weighted by molar-refractivity contribution is 5.99. The molecule has 2 heterocycles. The topological polar surface area (TPSA) is 100 Å². The Morgan fingerprint density at radius 1 is 1.47 bits per heavy atom. The summed E-state index contributed by atoms with van der Waals surface area (Å²) in [5.74, 6) is -0.214. The molecule has 0 spiro atoms. The Morgan fingerprint density at radius 3 is 2.84 bits per heavy atom. The third-order valence-electron chi connectivity index (χ3n) is 2.44. The second-order valence-corrected chi connectivity index (χ2v) is 4.10. The molecule has 19 heavy (non-hydrogen) atoms. The number of aromatic amines is 1. The minimum absolute atomic E-state index is 0.162. The lowest BCUT2D eigenvalue weighted by Gasteiger charge is -2.11. The lowest BCUT2D eigenvalue weighted by Crippen LogP contribution is -2.41. The van der Waals surface area contributed by atoms with E-state index in [9.17, 15) is 9.59 Å². The van der Waals surface area contributed by atoms with Crippen molar-refractivity contribution >= 4 is 17.6 Å². The van der Waals surface area contributed by atoms with Crippen molar-refractivity contribution < 1.29 is 14.0 Å². The molecular weight excluding hydrogens is 248 g/mol. The molecule has 0 bridgehead atoms. The van der Waals surface area contributed by atoms with Crippen LogP contribution in [0.4, 0.5) is 5.82 Å². The van der Waals surface area contributed by atoms with Gasteiger partial charge >= 0.3 is 0 Å². The van der Waals surface area contributed by atoms with Crippen LogP contribution in [0, 0.1) is 6.92 Å². The molecule has 0 aliphatic heterocycles. The zero-order chi connectivity index (χ0) is 13.8. The number of H-pyrrole nitrogens is 1. The summed E-state index contributed by atoms with van der Waals surface area (Å²) >= 11 is 0. The molecule has 100 valence electrons. The molecule has 0 aliphatic carbocycles. The van der Waals surface area contributed by atoms with E-state index in [2.05, 4.69) is 20.8 Å². The lowest BCUT2D eigenvalue weighted by molar-refractivity contribution is -0.117. The number of rotatable bonds is 4. The average molecular weight is 262 g/mol. The van der Waals surface area contributed by atoms with E-state index in [0.29, 0.717) is 5.82 Å². The van der Waals surface area contributed by atoms with E-state index in [1.165, 1.54) is 12.3 Å². The Morgan fingerprint density at radius 2 is 2.26 bits per heavy atom. The predicted octanol–water partition coefficient (Wildman–Crippen LogP) is 1.07. The summed E-state index contributed by atoms with van der Waals surface area (Å²) in [4.78, 5) is 23.5. The number of hydrogen-bond acceptors (Lipinski definition) is 4. The third-order valence-corrected chi connectivity index (χ3v) is 2.44. The molecular formula is C12H14N4O3. The van der Waals surface area contributed by atoms with Crippen molar-refractivity contribution in [1.29, 1.82) is 0 Å². The van der Waals surface area contributed by atoms with Gasteiger partial charge in [-0.25, -0.2) is 0 Å². The van der Waals surface area contributed by atoms with Gasteiger partial charge in [-0.15, -0.1) is 0 Å². The van der Waals surface area contributed by atoms with Crippen molar-refractivity contribution in [2.45, 2.75) is 19.9 Å². The van der Waals surface area contributed by atoms with Gasteiger partial charge < -0.3 is 15.1 Å². The Kier molecular flexibility index (Phi) is 3.65. The number of aromatic nitrogens is 2. The van der Waals surface area contributed by atoms with Gasteiger partial charge in [0, 0.05) is 11.8 Å². The fraction of sp³-hybridized carbons (Fsp3) is 0.250. The smallest absolute Gasteiger partial charge is 0.287 e. The minimum Gasteiger partial charge on any atom is -0.459 e. The Labute approximate surface area is 109 Å². The first kappa shape index (κ1) is 12.9. The summed E-state index contributed by atoms with van der Waals surface area (Å²) in [7, 11) is 0. The maximum absolute atomic E-state index is 11.8. The molecule has 3 N–H and O–H groups in total.